The third-order valence-corrected chi connectivity index (χ3v) is 7.77. The van der Waals surface area contributed by atoms with E-state index in [1.165, 1.54) is 3.57 Å². The van der Waals surface area contributed by atoms with Crippen molar-refractivity contribution in [3.8, 4) is 0 Å². The Morgan fingerprint density at radius 1 is 0.892 bits per heavy atom. The lowest BCUT2D eigenvalue weighted by Gasteiger charge is -2.25. The van der Waals surface area contributed by atoms with Crippen LogP contribution < -0.4 is 0 Å². The van der Waals surface area contributed by atoms with E-state index >= 15 is 0 Å². The van der Waals surface area contributed by atoms with Gasteiger partial charge in [-0.15, -0.1) is 0 Å². The number of aryl methyl sites for hydroxylation is 2. The zero-order valence-corrected chi connectivity index (χ0v) is 26.5. The van der Waals surface area contributed by atoms with E-state index in [1.807, 2.05) is 63.8 Å². The summed E-state index contributed by atoms with van der Waals surface area (Å²) in [5, 5.41) is 26.9. The smallest absolute Gasteiger partial charge is 0.154 e. The Kier molecular flexibility index (Phi) is 10.1. The lowest BCUT2D eigenvalue weighted by molar-refractivity contribution is -0.0287. The minimum absolute atomic E-state index is 0.305. The van der Waals surface area contributed by atoms with Crippen molar-refractivity contribution < 1.29 is 19.4 Å². The first-order valence-corrected chi connectivity index (χ1v) is 14.4. The molecule has 12 nitrogen and oxygen atoms in total. The zero-order chi connectivity index (χ0) is 26.5. The number of carbonyl (C=O) groups excluding carboxylic acids is 1. The van der Waals surface area contributed by atoms with Crippen molar-refractivity contribution in [3.63, 3.8) is 0 Å². The van der Waals surface area contributed by atoms with E-state index in [0.717, 1.165) is 38.0 Å². The Bertz CT molecular complexity index is 1330. The third-order valence-electron chi connectivity index (χ3n) is 5.54. The standard InChI is InChI=1S/C11H13IN4O2.C6H7IN2O.C5H5IN2O/c1-15-4-9(11(12)14-15)10(17)7-2-13-16(3-7)8-5-18-6-8;7-5-1-8-9(2-5)6-3-10-4-6;1-8-2-4(3-9)5(6)7-8/h2-4,8,10,17H,5-6H2,1H3;1-2,6H,3-4H2;2-3H,1H3. The fourth-order valence-electron chi connectivity index (χ4n) is 3.36. The maximum absolute atomic E-state index is 10.3. The fraction of sp³-hybridized carbons (Fsp3) is 0.409. The van der Waals surface area contributed by atoms with Gasteiger partial charge in [-0.3, -0.25) is 23.5 Å². The number of hydrogen-bond acceptors (Lipinski definition) is 8. The molecule has 0 saturated carbocycles. The molecule has 0 spiro atoms. The largest absolute Gasteiger partial charge is 0.383 e. The van der Waals surface area contributed by atoms with Crippen LogP contribution in [0.1, 0.15) is 39.7 Å². The van der Waals surface area contributed by atoms with Crippen LogP contribution in [-0.4, -0.2) is 76.9 Å². The predicted molar refractivity (Wildman–Crippen MR) is 158 cm³/mol. The van der Waals surface area contributed by atoms with Crippen LogP contribution in [0.3, 0.4) is 0 Å². The first-order chi connectivity index (χ1) is 17.7. The van der Waals surface area contributed by atoms with Crippen molar-refractivity contribution in [3.05, 3.63) is 64.8 Å². The lowest BCUT2D eigenvalue weighted by atomic mass is 10.1. The second-order valence-electron chi connectivity index (χ2n) is 8.39. The van der Waals surface area contributed by atoms with E-state index < -0.39 is 6.10 Å². The van der Waals surface area contributed by atoms with Crippen molar-refractivity contribution in [2.24, 2.45) is 14.1 Å². The highest BCUT2D eigenvalue weighted by molar-refractivity contribution is 14.1. The normalized spacial score (nSPS) is 16.1. The Labute approximate surface area is 254 Å². The summed E-state index contributed by atoms with van der Waals surface area (Å²) in [5.41, 5.74) is 2.24. The van der Waals surface area contributed by atoms with E-state index in [4.69, 9.17) is 9.47 Å². The van der Waals surface area contributed by atoms with Crippen LogP contribution >= 0.6 is 67.8 Å². The van der Waals surface area contributed by atoms with Crippen LogP contribution in [0.15, 0.2) is 37.2 Å². The number of aliphatic hydroxyl groups is 1. The Morgan fingerprint density at radius 3 is 1.86 bits per heavy atom. The molecule has 1 N–H and O–H groups in total. The van der Waals surface area contributed by atoms with Crippen molar-refractivity contribution in [1.82, 2.24) is 39.1 Å². The molecule has 2 fully saturated rings. The van der Waals surface area contributed by atoms with E-state index in [-0.39, 0.29) is 0 Å². The summed E-state index contributed by atoms with van der Waals surface area (Å²) >= 11 is 6.39. The highest BCUT2D eigenvalue weighted by Gasteiger charge is 2.24. The van der Waals surface area contributed by atoms with Crippen LogP contribution in [0.25, 0.3) is 0 Å². The molecule has 0 aromatic carbocycles. The number of rotatable bonds is 5. The molecule has 6 rings (SSSR count). The summed E-state index contributed by atoms with van der Waals surface area (Å²) in [6.45, 7) is 3.03. The molecular weight excluding hydrogens is 821 g/mol. The first kappa shape index (κ1) is 28.6. The van der Waals surface area contributed by atoms with Crippen LogP contribution in [0.4, 0.5) is 0 Å². The van der Waals surface area contributed by atoms with Gasteiger partial charge in [0.05, 0.1) is 60.0 Å². The highest BCUT2D eigenvalue weighted by Crippen LogP contribution is 2.26. The minimum atomic E-state index is -0.680. The molecule has 2 saturated heterocycles. The fourth-order valence-corrected chi connectivity index (χ4v) is 5.15. The maximum Gasteiger partial charge on any atom is 0.154 e. The molecule has 0 aliphatic carbocycles. The lowest BCUT2D eigenvalue weighted by Crippen LogP contribution is -2.30. The molecule has 4 aromatic heterocycles. The molecule has 2 aliphatic rings. The zero-order valence-electron chi connectivity index (χ0n) is 20.0. The van der Waals surface area contributed by atoms with Gasteiger partial charge in [-0.2, -0.15) is 20.4 Å². The average Bonchev–Trinajstić information content (AvgIpc) is 3.55. The summed E-state index contributed by atoms with van der Waals surface area (Å²) in [4.78, 5) is 10.2. The second-order valence-corrected chi connectivity index (χ2v) is 11.7. The van der Waals surface area contributed by atoms with Gasteiger partial charge in [-0.1, -0.05) is 0 Å². The number of aldehydes is 1. The molecule has 0 bridgehead atoms. The van der Waals surface area contributed by atoms with E-state index in [0.29, 0.717) is 30.9 Å². The minimum Gasteiger partial charge on any atom is -0.383 e. The maximum atomic E-state index is 10.3. The summed E-state index contributed by atoms with van der Waals surface area (Å²) in [7, 11) is 3.63. The molecule has 6 heterocycles. The van der Waals surface area contributed by atoms with Gasteiger partial charge >= 0.3 is 0 Å². The number of hydrogen-bond donors (Lipinski definition) is 1. The van der Waals surface area contributed by atoms with Crippen LogP contribution in [0.5, 0.6) is 0 Å². The van der Waals surface area contributed by atoms with Crippen molar-refractivity contribution in [2.45, 2.75) is 18.2 Å². The van der Waals surface area contributed by atoms with Gasteiger partial charge in [-0.25, -0.2) is 0 Å². The van der Waals surface area contributed by atoms with Crippen LogP contribution in [-0.2, 0) is 23.6 Å². The molecule has 1 atom stereocenters. The summed E-state index contributed by atoms with van der Waals surface area (Å²) in [6, 6.07) is 0.794. The molecule has 0 amide bonds. The number of ether oxygens (including phenoxy) is 2. The third kappa shape index (κ3) is 7.37. The molecule has 4 aromatic rings. The van der Waals surface area contributed by atoms with Gasteiger partial charge in [0.2, 0.25) is 0 Å². The van der Waals surface area contributed by atoms with E-state index in [9.17, 15) is 9.90 Å². The van der Waals surface area contributed by atoms with Gasteiger partial charge in [0.1, 0.15) is 13.5 Å². The van der Waals surface area contributed by atoms with Gasteiger partial charge in [0.25, 0.3) is 0 Å². The number of aromatic nitrogens is 8. The van der Waals surface area contributed by atoms with Crippen LogP contribution in [0.2, 0.25) is 0 Å². The molecule has 1 unspecified atom stereocenters. The molecule has 37 heavy (non-hydrogen) atoms. The van der Waals surface area contributed by atoms with Gasteiger partial charge in [-0.05, 0) is 67.8 Å². The number of nitrogens with zero attached hydrogens (tertiary/aromatic N) is 8. The summed E-state index contributed by atoms with van der Waals surface area (Å²) in [6.07, 6.45) is 11.1. The molecule has 15 heteroatoms. The van der Waals surface area contributed by atoms with Crippen molar-refractivity contribution in [1.29, 1.82) is 0 Å². The van der Waals surface area contributed by atoms with Crippen molar-refractivity contribution >= 4 is 74.1 Å². The van der Waals surface area contributed by atoms with Gasteiger partial charge in [0, 0.05) is 50.0 Å². The molecular formula is C22H25I3N8O4. The SMILES string of the molecule is Cn1cc(C(O)c2cnn(C3COC3)c2)c(I)n1.Cn1cc(C=O)c(I)n1.Ic1cnn(C2COC2)c1. The average molecular weight is 846 g/mol. The number of carbonyl (C=O) groups is 1. The molecule has 0 radical (unpaired) electrons. The second kappa shape index (κ2) is 13.1. The van der Waals surface area contributed by atoms with E-state index in [2.05, 4.69) is 65.6 Å². The summed E-state index contributed by atoms with van der Waals surface area (Å²) in [5.74, 6) is 0. The molecule has 2 aliphatic heterocycles. The Balaban J connectivity index is 0.000000143. The highest BCUT2D eigenvalue weighted by atomic mass is 127. The van der Waals surface area contributed by atoms with E-state index in [1.54, 1.807) is 28.8 Å². The van der Waals surface area contributed by atoms with Crippen molar-refractivity contribution in [2.75, 3.05) is 26.4 Å². The van der Waals surface area contributed by atoms with Crippen LogP contribution in [0, 0.1) is 11.0 Å². The Hall–Kier alpha value is -1.42. The summed E-state index contributed by atoms with van der Waals surface area (Å²) < 4.78 is 20.0. The predicted octanol–water partition coefficient (Wildman–Crippen LogP) is 2.77. The Morgan fingerprint density at radius 2 is 1.46 bits per heavy atom. The quantitative estimate of drug-likeness (QED) is 0.240. The first-order valence-electron chi connectivity index (χ1n) is 11.2. The van der Waals surface area contributed by atoms with Gasteiger partial charge in [0.15, 0.2) is 6.29 Å². The van der Waals surface area contributed by atoms with Gasteiger partial charge < -0.3 is 14.6 Å². The number of aliphatic hydroxyl groups excluding tert-OH is 1. The number of halogens is 3. The monoisotopic (exact) mass is 846 g/mol. The topological polar surface area (TPSA) is 127 Å². The molecule has 198 valence electrons.